The molecular weight excluding hydrogens is 436 g/mol. The lowest BCUT2D eigenvalue weighted by molar-refractivity contribution is -0.145. The maximum atomic E-state index is 13.3. The number of thiol groups is 1. The summed E-state index contributed by atoms with van der Waals surface area (Å²) in [5.41, 5.74) is 6.29. The van der Waals surface area contributed by atoms with Crippen molar-refractivity contribution in [1.29, 1.82) is 0 Å². The van der Waals surface area contributed by atoms with Gasteiger partial charge in [-0.1, -0.05) is 13.8 Å². The van der Waals surface area contributed by atoms with E-state index < -0.39 is 42.0 Å². The molecule has 6 N–H and O–H groups in total. The minimum Gasteiger partial charge on any atom is -0.480 e. The second-order valence-electron chi connectivity index (χ2n) is 8.35. The minimum atomic E-state index is -1.19. The lowest BCUT2D eigenvalue weighted by Crippen LogP contribution is -2.57. The number of hydrogen-bond donors (Lipinski definition) is 6. The predicted molar refractivity (Wildman–Crippen MR) is 120 cm³/mol. The van der Waals surface area contributed by atoms with Crippen LogP contribution in [0.2, 0.25) is 0 Å². The van der Waals surface area contributed by atoms with E-state index >= 15 is 0 Å². The van der Waals surface area contributed by atoms with Crippen LogP contribution in [0.25, 0.3) is 0 Å². The maximum absolute atomic E-state index is 13.3. The van der Waals surface area contributed by atoms with Gasteiger partial charge in [-0.05, 0) is 25.2 Å². The van der Waals surface area contributed by atoms with Crippen molar-refractivity contribution >= 4 is 36.3 Å². The molecule has 0 aromatic carbocycles. The van der Waals surface area contributed by atoms with E-state index in [-0.39, 0.29) is 24.0 Å². The summed E-state index contributed by atoms with van der Waals surface area (Å²) in [7, 11) is 0. The Morgan fingerprint density at radius 3 is 2.59 bits per heavy atom. The molecule has 1 fully saturated rings. The molecule has 1 saturated heterocycles. The zero-order valence-electron chi connectivity index (χ0n) is 18.3. The molecule has 4 unspecified atom stereocenters. The number of amides is 3. The molecule has 0 aliphatic carbocycles. The Morgan fingerprint density at radius 1 is 1.31 bits per heavy atom. The smallest absolute Gasteiger partial charge is 0.326 e. The van der Waals surface area contributed by atoms with Crippen LogP contribution in [0.3, 0.4) is 0 Å². The first-order valence-electron chi connectivity index (χ1n) is 10.6. The summed E-state index contributed by atoms with van der Waals surface area (Å²) < 4.78 is 0. The summed E-state index contributed by atoms with van der Waals surface area (Å²) in [6.07, 6.45) is 4.34. The number of carboxylic acids is 1. The third-order valence-corrected chi connectivity index (χ3v) is 5.68. The number of aromatic nitrogens is 2. The van der Waals surface area contributed by atoms with Gasteiger partial charge in [0, 0.05) is 30.6 Å². The molecule has 0 radical (unpaired) electrons. The Labute approximate surface area is 192 Å². The number of likely N-dealkylation sites (tertiary alicyclic amines) is 1. The van der Waals surface area contributed by atoms with Crippen molar-refractivity contribution in [2.24, 2.45) is 11.7 Å². The summed E-state index contributed by atoms with van der Waals surface area (Å²) in [6, 6.07) is -3.66. The van der Waals surface area contributed by atoms with Crippen molar-refractivity contribution in [2.45, 2.75) is 63.7 Å². The number of H-pyrrole nitrogens is 1. The van der Waals surface area contributed by atoms with Gasteiger partial charge in [-0.25, -0.2) is 9.78 Å². The molecule has 11 nitrogen and oxygen atoms in total. The Bertz CT molecular complexity index is 802. The molecule has 2 heterocycles. The summed E-state index contributed by atoms with van der Waals surface area (Å²) >= 11 is 4.02. The van der Waals surface area contributed by atoms with Crippen molar-refractivity contribution in [1.82, 2.24) is 25.5 Å². The molecule has 1 aliphatic rings. The number of aromatic amines is 1. The van der Waals surface area contributed by atoms with E-state index in [4.69, 9.17) is 5.73 Å². The second-order valence-corrected chi connectivity index (χ2v) is 8.71. The fraction of sp³-hybridized carbons (Fsp3) is 0.650. The van der Waals surface area contributed by atoms with Gasteiger partial charge < -0.3 is 31.4 Å². The summed E-state index contributed by atoms with van der Waals surface area (Å²) in [6.45, 7) is 4.19. The van der Waals surface area contributed by atoms with Gasteiger partial charge in [-0.15, -0.1) is 0 Å². The van der Waals surface area contributed by atoms with Crippen LogP contribution in [0.1, 0.15) is 38.8 Å². The SMILES string of the molecule is CC(C)CC(NC(=O)C(N)CS)C(=O)N1CCCC1C(=O)NC(Cc1cnc[nH]1)C(=O)O. The number of rotatable bonds is 11. The van der Waals surface area contributed by atoms with E-state index in [0.29, 0.717) is 31.5 Å². The van der Waals surface area contributed by atoms with Crippen LogP contribution < -0.4 is 16.4 Å². The first-order valence-corrected chi connectivity index (χ1v) is 11.2. The van der Waals surface area contributed by atoms with E-state index in [2.05, 4.69) is 33.2 Å². The standard InChI is InChI=1S/C20H32N6O5S/c1-11(2)6-14(24-17(27)13(21)9-32)19(29)26-5-3-4-16(26)18(28)25-15(20(30)31)7-12-8-22-10-23-12/h8,10-11,13-16,32H,3-7,9,21H2,1-2H3,(H,22,23)(H,24,27)(H,25,28)(H,30,31). The lowest BCUT2D eigenvalue weighted by Gasteiger charge is -2.30. The molecule has 178 valence electrons. The molecule has 0 spiro atoms. The van der Waals surface area contributed by atoms with E-state index in [1.54, 1.807) is 0 Å². The van der Waals surface area contributed by atoms with Crippen LogP contribution >= 0.6 is 12.6 Å². The van der Waals surface area contributed by atoms with E-state index in [9.17, 15) is 24.3 Å². The molecule has 0 saturated carbocycles. The fourth-order valence-corrected chi connectivity index (χ4v) is 3.81. The molecule has 1 aromatic heterocycles. The highest BCUT2D eigenvalue weighted by Gasteiger charge is 2.39. The van der Waals surface area contributed by atoms with Crippen LogP contribution in [0.15, 0.2) is 12.5 Å². The predicted octanol–water partition coefficient (Wildman–Crippen LogP) is -0.699. The average molecular weight is 469 g/mol. The number of aliphatic carboxylic acids is 1. The van der Waals surface area contributed by atoms with Crippen LogP contribution in [-0.2, 0) is 25.6 Å². The Balaban J connectivity index is 2.11. The summed E-state index contributed by atoms with van der Waals surface area (Å²) in [5.74, 6) is -2.34. The van der Waals surface area contributed by atoms with E-state index in [1.165, 1.54) is 17.4 Å². The first kappa shape index (κ1) is 25.7. The number of nitrogens with one attached hydrogen (secondary N) is 3. The number of carboxylic acid groups (broad SMARTS) is 1. The minimum absolute atomic E-state index is 0.0371. The number of carbonyl (C=O) groups is 4. The Kier molecular flexibility index (Phi) is 9.51. The molecule has 0 bridgehead atoms. The number of nitrogens with two attached hydrogens (primary N) is 1. The van der Waals surface area contributed by atoms with Crippen LogP contribution in [0, 0.1) is 5.92 Å². The first-order chi connectivity index (χ1) is 15.1. The van der Waals surface area contributed by atoms with Gasteiger partial charge >= 0.3 is 5.97 Å². The average Bonchev–Trinajstić information content (AvgIpc) is 3.43. The molecule has 1 aromatic rings. The van der Waals surface area contributed by atoms with E-state index in [1.807, 2.05) is 13.8 Å². The number of nitrogens with zero attached hydrogens (tertiary/aromatic N) is 2. The maximum Gasteiger partial charge on any atom is 0.326 e. The van der Waals surface area contributed by atoms with Gasteiger partial charge in [-0.3, -0.25) is 14.4 Å². The third-order valence-electron chi connectivity index (χ3n) is 5.29. The molecule has 2 rings (SSSR count). The van der Waals surface area contributed by atoms with Gasteiger partial charge in [0.1, 0.15) is 18.1 Å². The van der Waals surface area contributed by atoms with Crippen LogP contribution in [0.4, 0.5) is 0 Å². The number of imidazole rings is 1. The monoisotopic (exact) mass is 468 g/mol. The third kappa shape index (κ3) is 6.95. The quantitative estimate of drug-likeness (QED) is 0.233. The fourth-order valence-electron chi connectivity index (χ4n) is 3.64. The van der Waals surface area contributed by atoms with Crippen LogP contribution in [-0.4, -0.2) is 80.1 Å². The Morgan fingerprint density at radius 2 is 2.03 bits per heavy atom. The van der Waals surface area contributed by atoms with Gasteiger partial charge in [-0.2, -0.15) is 12.6 Å². The highest BCUT2D eigenvalue weighted by molar-refractivity contribution is 7.80. The topological polar surface area (TPSA) is 171 Å². The van der Waals surface area contributed by atoms with Crippen molar-refractivity contribution in [2.75, 3.05) is 12.3 Å². The van der Waals surface area contributed by atoms with Crippen LogP contribution in [0.5, 0.6) is 0 Å². The molecule has 1 aliphatic heterocycles. The zero-order chi connectivity index (χ0) is 23.8. The highest BCUT2D eigenvalue weighted by Crippen LogP contribution is 2.21. The van der Waals surface area contributed by atoms with Gasteiger partial charge in [0.15, 0.2) is 0 Å². The van der Waals surface area contributed by atoms with Crippen molar-refractivity contribution in [3.63, 3.8) is 0 Å². The number of carbonyl (C=O) groups excluding carboxylic acids is 3. The van der Waals surface area contributed by atoms with E-state index in [0.717, 1.165) is 0 Å². The largest absolute Gasteiger partial charge is 0.480 e. The second kappa shape index (κ2) is 11.9. The van der Waals surface area contributed by atoms with Crippen molar-refractivity contribution in [3.8, 4) is 0 Å². The number of hydrogen-bond acceptors (Lipinski definition) is 7. The van der Waals surface area contributed by atoms with Gasteiger partial charge in [0.05, 0.1) is 12.4 Å². The molecule has 4 atom stereocenters. The lowest BCUT2D eigenvalue weighted by atomic mass is 10.0. The van der Waals surface area contributed by atoms with Gasteiger partial charge in [0.25, 0.3) is 0 Å². The highest BCUT2D eigenvalue weighted by atomic mass is 32.1. The molecular formula is C20H32N6O5S. The summed E-state index contributed by atoms with van der Waals surface area (Å²) in [4.78, 5) is 58.2. The molecule has 3 amide bonds. The van der Waals surface area contributed by atoms with Crippen molar-refractivity contribution < 1.29 is 24.3 Å². The van der Waals surface area contributed by atoms with Gasteiger partial charge in [0.2, 0.25) is 17.7 Å². The molecule has 12 heteroatoms. The molecule has 32 heavy (non-hydrogen) atoms. The normalized spacial score (nSPS) is 18.8. The zero-order valence-corrected chi connectivity index (χ0v) is 19.2. The summed E-state index contributed by atoms with van der Waals surface area (Å²) in [5, 5.41) is 14.7. The Hall–Kier alpha value is -2.60. The van der Waals surface area contributed by atoms with Crippen molar-refractivity contribution in [3.05, 3.63) is 18.2 Å².